The van der Waals surface area contributed by atoms with E-state index in [1.165, 1.54) is 18.2 Å². The number of rotatable bonds is 4. The first-order chi connectivity index (χ1) is 9.88. The fourth-order valence-electron chi connectivity index (χ4n) is 0.779. The molecule has 4 heteroatoms. The van der Waals surface area contributed by atoms with Crippen molar-refractivity contribution in [1.29, 1.82) is 0 Å². The van der Waals surface area contributed by atoms with Crippen LogP contribution < -0.4 is 0 Å². The van der Waals surface area contributed by atoms with Crippen LogP contribution in [0.2, 0.25) is 0 Å². The molecule has 0 atom stereocenters. The zero-order valence-electron chi connectivity index (χ0n) is 13.5. The number of allylic oxidation sites excluding steroid dienone is 6. The number of hydrogen-bond donors (Lipinski definition) is 0. The van der Waals surface area contributed by atoms with Gasteiger partial charge >= 0.3 is 6.18 Å². The summed E-state index contributed by atoms with van der Waals surface area (Å²) in [6, 6.07) is 0. The Kier molecular flexibility index (Phi) is 26.5. The molecule has 0 unspecified atom stereocenters. The predicted molar refractivity (Wildman–Crippen MR) is 88.1 cm³/mol. The molecule has 0 aromatic rings. The van der Waals surface area contributed by atoms with E-state index >= 15 is 0 Å². The van der Waals surface area contributed by atoms with E-state index in [4.69, 9.17) is 0 Å². The molecule has 0 bridgehead atoms. The highest BCUT2D eigenvalue weighted by Crippen LogP contribution is 2.29. The van der Waals surface area contributed by atoms with Crippen molar-refractivity contribution in [3.05, 3.63) is 74.6 Å². The van der Waals surface area contributed by atoms with Gasteiger partial charge in [0.25, 0.3) is 0 Å². The standard InChI is InChI=1S/C10H11F3O.C3H6.C2H6.C2H4/c1-4-6-7-9(14-3)8(5-2)10(11,12)13;1-3-2;2*1-2/h4-7H,1-2H2,3H3;3H,1H2,2H3;1-2H3;1-2H2/b7-6-,9-8-;;;. The van der Waals surface area contributed by atoms with Crippen molar-refractivity contribution < 1.29 is 17.9 Å². The molecule has 0 aliphatic rings. The van der Waals surface area contributed by atoms with E-state index in [2.05, 4.69) is 37.6 Å². The average molecular weight is 304 g/mol. The Morgan fingerprint density at radius 1 is 1.05 bits per heavy atom. The number of methoxy groups -OCH3 is 1. The van der Waals surface area contributed by atoms with Crippen molar-refractivity contribution in [2.75, 3.05) is 7.11 Å². The Bertz CT molecular complexity index is 323. The Morgan fingerprint density at radius 3 is 1.62 bits per heavy atom. The lowest BCUT2D eigenvalue weighted by atomic mass is 10.2. The molecule has 0 rings (SSSR count). The third-order valence-corrected chi connectivity index (χ3v) is 1.38. The van der Waals surface area contributed by atoms with Crippen LogP contribution in [0.1, 0.15) is 20.8 Å². The fraction of sp³-hybridized carbons (Fsp3) is 0.294. The maximum absolute atomic E-state index is 12.3. The van der Waals surface area contributed by atoms with Crippen molar-refractivity contribution in [2.45, 2.75) is 26.9 Å². The molecule has 0 aromatic heterocycles. The Labute approximate surface area is 127 Å². The van der Waals surface area contributed by atoms with Crippen molar-refractivity contribution in [1.82, 2.24) is 0 Å². The Hall–Kier alpha value is -1.97. The predicted octanol–water partition coefficient (Wildman–Crippen LogP) is 6.40. The van der Waals surface area contributed by atoms with Crippen LogP contribution in [0.3, 0.4) is 0 Å². The van der Waals surface area contributed by atoms with Crippen molar-refractivity contribution in [2.24, 2.45) is 0 Å². The van der Waals surface area contributed by atoms with Crippen LogP contribution in [-0.4, -0.2) is 13.3 Å². The van der Waals surface area contributed by atoms with Gasteiger partial charge < -0.3 is 4.74 Å². The molecule has 0 radical (unpaired) electrons. The van der Waals surface area contributed by atoms with Crippen molar-refractivity contribution in [3.8, 4) is 0 Å². The quantitative estimate of drug-likeness (QED) is 0.332. The molecule has 0 amide bonds. The van der Waals surface area contributed by atoms with Gasteiger partial charge in [-0.1, -0.05) is 51.3 Å². The molecule has 21 heavy (non-hydrogen) atoms. The van der Waals surface area contributed by atoms with Crippen LogP contribution in [0.15, 0.2) is 74.6 Å². The van der Waals surface area contributed by atoms with Crippen LogP contribution >= 0.6 is 0 Å². The minimum absolute atomic E-state index is 0.285. The first-order valence-electron chi connectivity index (χ1n) is 6.23. The fourth-order valence-corrected chi connectivity index (χ4v) is 0.779. The monoisotopic (exact) mass is 304 g/mol. The third kappa shape index (κ3) is 18.0. The lowest BCUT2D eigenvalue weighted by molar-refractivity contribution is -0.0908. The van der Waals surface area contributed by atoms with Gasteiger partial charge in [0.2, 0.25) is 0 Å². The van der Waals surface area contributed by atoms with Gasteiger partial charge in [-0.15, -0.1) is 19.7 Å². The van der Waals surface area contributed by atoms with E-state index in [0.29, 0.717) is 6.08 Å². The number of ether oxygens (including phenoxy) is 1. The highest BCUT2D eigenvalue weighted by molar-refractivity contribution is 5.32. The van der Waals surface area contributed by atoms with Crippen LogP contribution in [0.4, 0.5) is 13.2 Å². The zero-order valence-corrected chi connectivity index (χ0v) is 13.5. The second-order valence-corrected chi connectivity index (χ2v) is 2.69. The van der Waals surface area contributed by atoms with E-state index in [1.54, 1.807) is 6.08 Å². The van der Waals surface area contributed by atoms with Gasteiger partial charge in [-0.25, -0.2) is 0 Å². The molecular weight excluding hydrogens is 277 g/mol. The van der Waals surface area contributed by atoms with Crippen molar-refractivity contribution in [3.63, 3.8) is 0 Å². The lowest BCUT2D eigenvalue weighted by Gasteiger charge is -2.10. The van der Waals surface area contributed by atoms with E-state index in [9.17, 15) is 13.2 Å². The molecule has 0 N–H and O–H groups in total. The molecule has 0 spiro atoms. The Balaban J connectivity index is -0.000000176. The normalized spacial score (nSPS) is 10.2. The van der Waals surface area contributed by atoms with Gasteiger partial charge in [0, 0.05) is 0 Å². The van der Waals surface area contributed by atoms with E-state index < -0.39 is 11.7 Å². The minimum Gasteiger partial charge on any atom is -0.496 e. The summed E-state index contributed by atoms with van der Waals surface area (Å²) >= 11 is 0. The summed E-state index contributed by atoms with van der Waals surface area (Å²) in [6.07, 6.45) is 1.90. The third-order valence-electron chi connectivity index (χ3n) is 1.38. The summed E-state index contributed by atoms with van der Waals surface area (Å²) in [6.45, 7) is 21.7. The van der Waals surface area contributed by atoms with E-state index in [-0.39, 0.29) is 5.76 Å². The summed E-state index contributed by atoms with van der Waals surface area (Å²) in [7, 11) is 1.16. The smallest absolute Gasteiger partial charge is 0.419 e. The van der Waals surface area contributed by atoms with Gasteiger partial charge in [-0.3, -0.25) is 0 Å². The molecule has 0 aliphatic carbocycles. The summed E-state index contributed by atoms with van der Waals surface area (Å²) < 4.78 is 41.5. The number of alkyl halides is 3. The van der Waals surface area contributed by atoms with Gasteiger partial charge in [-0.2, -0.15) is 13.2 Å². The first kappa shape index (κ1) is 27.4. The topological polar surface area (TPSA) is 9.23 Å². The van der Waals surface area contributed by atoms with Crippen molar-refractivity contribution >= 4 is 0 Å². The molecular formula is C17H27F3O. The Morgan fingerprint density at radius 2 is 1.43 bits per heavy atom. The number of halogens is 3. The molecule has 0 saturated heterocycles. The number of hydrogen-bond acceptors (Lipinski definition) is 1. The van der Waals surface area contributed by atoms with Gasteiger partial charge in [0.15, 0.2) is 0 Å². The second-order valence-electron chi connectivity index (χ2n) is 2.69. The molecule has 0 saturated carbocycles. The van der Waals surface area contributed by atoms with Crippen LogP contribution in [-0.2, 0) is 4.74 Å². The summed E-state index contributed by atoms with van der Waals surface area (Å²) in [5, 5.41) is 0. The van der Waals surface area contributed by atoms with E-state index in [0.717, 1.165) is 7.11 Å². The highest BCUT2D eigenvalue weighted by Gasteiger charge is 2.34. The minimum atomic E-state index is -4.46. The molecule has 0 fully saturated rings. The molecule has 1 nitrogen and oxygen atoms in total. The van der Waals surface area contributed by atoms with Gasteiger partial charge in [-0.05, 0) is 13.0 Å². The van der Waals surface area contributed by atoms with E-state index in [1.807, 2.05) is 20.8 Å². The van der Waals surface area contributed by atoms with Gasteiger partial charge in [0.1, 0.15) is 5.76 Å². The molecule has 0 aromatic carbocycles. The lowest BCUT2D eigenvalue weighted by Crippen LogP contribution is -2.12. The second kappa shape index (κ2) is 20.3. The maximum atomic E-state index is 12.3. The molecule has 0 heterocycles. The molecule has 122 valence electrons. The first-order valence-corrected chi connectivity index (χ1v) is 6.23. The highest BCUT2D eigenvalue weighted by atomic mass is 19.4. The maximum Gasteiger partial charge on any atom is 0.419 e. The average Bonchev–Trinajstić information content (AvgIpc) is 2.47. The largest absolute Gasteiger partial charge is 0.496 e. The SMILES string of the molecule is C=C.C=C/C=C\C(OC)=C(/C=C)C(F)(F)F.C=CC.CC. The summed E-state index contributed by atoms with van der Waals surface area (Å²) in [4.78, 5) is 0. The zero-order chi connectivity index (χ0) is 17.9. The van der Waals surface area contributed by atoms with Crippen LogP contribution in [0, 0.1) is 0 Å². The van der Waals surface area contributed by atoms with Crippen LogP contribution in [0.25, 0.3) is 0 Å². The van der Waals surface area contributed by atoms with Crippen LogP contribution in [0.5, 0.6) is 0 Å². The summed E-state index contributed by atoms with van der Waals surface area (Å²) in [5.41, 5.74) is -0.905. The summed E-state index contributed by atoms with van der Waals surface area (Å²) in [5.74, 6) is -0.285. The molecule has 0 aliphatic heterocycles. The van der Waals surface area contributed by atoms with Gasteiger partial charge in [0.05, 0.1) is 12.7 Å².